The monoisotopic (exact) mass is 707 g/mol. The van der Waals surface area contributed by atoms with Gasteiger partial charge in [0, 0.05) is 32.0 Å². The van der Waals surface area contributed by atoms with Gasteiger partial charge in [-0.3, -0.25) is 9.69 Å². The maximum atomic E-state index is 12.6. The summed E-state index contributed by atoms with van der Waals surface area (Å²) in [7, 11) is 0. The number of hydrogen-bond acceptors (Lipinski definition) is 8. The first-order valence-corrected chi connectivity index (χ1v) is 20.2. The average Bonchev–Trinajstić information content (AvgIpc) is 3.70. The molecule has 0 bridgehead atoms. The molecule has 0 unspecified atom stereocenters. The second-order valence-corrected chi connectivity index (χ2v) is 19.9. The van der Waals surface area contributed by atoms with E-state index in [9.17, 15) is 15.0 Å². The van der Waals surface area contributed by atoms with Crippen molar-refractivity contribution in [2.75, 3.05) is 19.7 Å². The van der Waals surface area contributed by atoms with Crippen LogP contribution in [-0.4, -0.2) is 83.2 Å². The average molecular weight is 708 g/mol. The minimum atomic E-state index is -1.25. The fourth-order valence-corrected chi connectivity index (χ4v) is 14.5. The Hall–Kier alpha value is -1.55. The summed E-state index contributed by atoms with van der Waals surface area (Å²) in [5.74, 6) is 1.10. The maximum Gasteiger partial charge on any atom is 0.303 e. The SMILES string of the molecule is CC(=O)O[C@@H]([C@H]1C[C@@H](C)[C@H]2[C@H](O1)[C@H](O)[C@@]1(C)[C@@H]3CC[C@H]4C(C)(C)[C@@H](O[C@H]5CN(Cc6ccccc6)CCO5)CC[C@@]45C[C@@]35CC[C@]21C)C(C)(C)O. The van der Waals surface area contributed by atoms with E-state index in [0.717, 1.165) is 38.9 Å². The number of aliphatic hydroxyl groups excluding tert-OH is 1. The zero-order chi connectivity index (χ0) is 36.4. The molecular formula is C43H65NO7. The second kappa shape index (κ2) is 12.2. The van der Waals surface area contributed by atoms with Gasteiger partial charge in [-0.15, -0.1) is 0 Å². The lowest BCUT2D eigenvalue weighted by atomic mass is 9.41. The van der Waals surface area contributed by atoms with Gasteiger partial charge in [0.25, 0.3) is 0 Å². The van der Waals surface area contributed by atoms with Gasteiger partial charge in [-0.1, -0.05) is 65.0 Å². The van der Waals surface area contributed by atoms with Crippen LogP contribution in [0.5, 0.6) is 0 Å². The number of ether oxygens (including phenoxy) is 4. The van der Waals surface area contributed by atoms with Crippen molar-refractivity contribution in [1.29, 1.82) is 0 Å². The molecule has 5 aliphatic carbocycles. The Kier molecular flexibility index (Phi) is 8.73. The molecule has 2 saturated heterocycles. The largest absolute Gasteiger partial charge is 0.457 e. The maximum absolute atomic E-state index is 12.6. The van der Waals surface area contributed by atoms with Crippen LogP contribution in [-0.2, 0) is 30.3 Å². The minimum Gasteiger partial charge on any atom is -0.457 e. The third-order valence-electron chi connectivity index (χ3n) is 16.8. The van der Waals surface area contributed by atoms with Crippen LogP contribution in [0.15, 0.2) is 30.3 Å². The molecule has 7 fully saturated rings. The highest BCUT2D eigenvalue weighted by Gasteiger charge is 2.84. The highest BCUT2D eigenvalue weighted by molar-refractivity contribution is 5.66. The number of morpholine rings is 1. The molecule has 0 radical (unpaired) electrons. The molecule has 51 heavy (non-hydrogen) atoms. The van der Waals surface area contributed by atoms with E-state index in [0.29, 0.717) is 30.3 Å². The predicted octanol–water partition coefficient (Wildman–Crippen LogP) is 6.75. The molecule has 0 amide bonds. The molecule has 284 valence electrons. The van der Waals surface area contributed by atoms with E-state index in [-0.39, 0.29) is 52.0 Å². The third kappa shape index (κ3) is 5.30. The summed E-state index contributed by atoms with van der Waals surface area (Å²) in [5.41, 5.74) is 0.341. The zero-order valence-electron chi connectivity index (χ0n) is 32.5. The minimum absolute atomic E-state index is 0.0371. The van der Waals surface area contributed by atoms with Gasteiger partial charge in [0.05, 0.1) is 36.6 Å². The van der Waals surface area contributed by atoms with Crippen LogP contribution in [0.1, 0.15) is 112 Å². The summed E-state index contributed by atoms with van der Waals surface area (Å²) in [6, 6.07) is 10.7. The zero-order valence-corrected chi connectivity index (χ0v) is 32.5. The number of aliphatic hydroxyl groups is 2. The lowest BCUT2D eigenvalue weighted by Crippen LogP contribution is -2.60. The Bertz CT molecular complexity index is 1480. The Morgan fingerprint density at radius 2 is 1.75 bits per heavy atom. The van der Waals surface area contributed by atoms with Crippen LogP contribution in [0.2, 0.25) is 0 Å². The van der Waals surface area contributed by atoms with Crippen molar-refractivity contribution in [2.24, 2.45) is 50.7 Å². The van der Waals surface area contributed by atoms with E-state index in [1.54, 1.807) is 13.8 Å². The van der Waals surface area contributed by atoms with Gasteiger partial charge in [-0.2, -0.15) is 0 Å². The summed E-state index contributed by atoms with van der Waals surface area (Å²) in [4.78, 5) is 14.6. The summed E-state index contributed by atoms with van der Waals surface area (Å²) in [6.45, 7) is 20.3. The van der Waals surface area contributed by atoms with Crippen molar-refractivity contribution in [3.05, 3.63) is 35.9 Å². The van der Waals surface area contributed by atoms with E-state index in [1.165, 1.54) is 38.2 Å². The number of esters is 1. The Labute approximate surface area is 306 Å². The van der Waals surface area contributed by atoms with Crippen LogP contribution in [0.3, 0.4) is 0 Å². The van der Waals surface area contributed by atoms with Crippen LogP contribution in [0.4, 0.5) is 0 Å². The molecule has 5 saturated carbocycles. The summed E-state index contributed by atoms with van der Waals surface area (Å²) in [5, 5.41) is 23.7. The summed E-state index contributed by atoms with van der Waals surface area (Å²) >= 11 is 0. The second-order valence-electron chi connectivity index (χ2n) is 19.9. The van der Waals surface area contributed by atoms with Crippen LogP contribution in [0, 0.1) is 50.7 Å². The van der Waals surface area contributed by atoms with Crippen molar-refractivity contribution in [3.63, 3.8) is 0 Å². The fraction of sp³-hybridized carbons (Fsp3) is 0.837. The number of rotatable bonds is 7. The summed E-state index contributed by atoms with van der Waals surface area (Å²) < 4.78 is 25.8. The predicted molar refractivity (Wildman–Crippen MR) is 194 cm³/mol. The number of carbonyl (C=O) groups is 1. The first-order chi connectivity index (χ1) is 24.0. The van der Waals surface area contributed by atoms with E-state index in [2.05, 4.69) is 69.9 Å². The molecule has 8 nitrogen and oxygen atoms in total. The quantitative estimate of drug-likeness (QED) is 0.301. The van der Waals surface area contributed by atoms with Gasteiger partial charge in [0.15, 0.2) is 12.4 Å². The van der Waals surface area contributed by atoms with Crippen molar-refractivity contribution >= 4 is 5.97 Å². The standard InChI is InChI=1S/C43H65NO7/c1-26-22-29(37(39(5,6)47)49-27(2)45)50-35-34(26)40(7)18-19-43-25-42(43)17-16-32(38(3,4)30(42)14-15-31(43)41(40,8)36(35)46)51-33-24-44(20-21-48-33)23-28-12-10-9-11-13-28/h9-13,26,29-37,46-47H,14-25H2,1-8H3/t26-,29-,30+,31+,32+,33+,34+,35+,36+,37+,40-,41-,42-,43+/m1/s1. The van der Waals surface area contributed by atoms with Gasteiger partial charge < -0.3 is 29.2 Å². The molecule has 8 rings (SSSR count). The smallest absolute Gasteiger partial charge is 0.303 e. The highest BCUT2D eigenvalue weighted by Crippen LogP contribution is 2.89. The molecule has 14 atom stereocenters. The molecule has 2 aliphatic heterocycles. The molecule has 7 aliphatic rings. The molecule has 8 heteroatoms. The summed E-state index contributed by atoms with van der Waals surface area (Å²) in [6.07, 6.45) is 6.66. The van der Waals surface area contributed by atoms with Crippen LogP contribution >= 0.6 is 0 Å². The van der Waals surface area contributed by atoms with Crippen molar-refractivity contribution < 1.29 is 34.0 Å². The first-order valence-electron chi connectivity index (χ1n) is 20.2. The van der Waals surface area contributed by atoms with Crippen molar-refractivity contribution in [3.8, 4) is 0 Å². The number of hydrogen-bond donors (Lipinski definition) is 2. The fourth-order valence-electron chi connectivity index (χ4n) is 14.5. The van der Waals surface area contributed by atoms with Gasteiger partial charge in [-0.05, 0) is 116 Å². The van der Waals surface area contributed by atoms with E-state index in [4.69, 9.17) is 18.9 Å². The number of carbonyl (C=O) groups excluding carboxylic acids is 1. The number of benzene rings is 1. The van der Waals surface area contributed by atoms with E-state index < -0.39 is 29.9 Å². The molecule has 2 spiro atoms. The van der Waals surface area contributed by atoms with Crippen molar-refractivity contribution in [1.82, 2.24) is 4.90 Å². The van der Waals surface area contributed by atoms with Gasteiger partial charge in [0.1, 0.15) is 0 Å². The third-order valence-corrected chi connectivity index (χ3v) is 16.8. The van der Waals surface area contributed by atoms with Gasteiger partial charge in [0.2, 0.25) is 0 Å². The van der Waals surface area contributed by atoms with E-state index in [1.807, 2.05) is 0 Å². The van der Waals surface area contributed by atoms with Crippen LogP contribution < -0.4 is 0 Å². The van der Waals surface area contributed by atoms with Gasteiger partial charge in [-0.25, -0.2) is 0 Å². The number of fused-ring (bicyclic) bond motifs is 4. The first kappa shape index (κ1) is 36.4. The Balaban J connectivity index is 1.00. The molecule has 0 aromatic heterocycles. The normalized spacial score (nSPS) is 47.9. The lowest BCUT2D eigenvalue weighted by molar-refractivity contribution is -0.249. The molecule has 1 aromatic rings. The number of nitrogens with zero attached hydrogens (tertiary/aromatic N) is 1. The van der Waals surface area contributed by atoms with E-state index >= 15 is 0 Å². The van der Waals surface area contributed by atoms with Gasteiger partial charge >= 0.3 is 5.97 Å². The highest BCUT2D eigenvalue weighted by atomic mass is 16.7. The Morgan fingerprint density at radius 3 is 2.45 bits per heavy atom. The molecular weight excluding hydrogens is 642 g/mol. The Morgan fingerprint density at radius 1 is 1.04 bits per heavy atom. The van der Waals surface area contributed by atoms with Crippen LogP contribution in [0.25, 0.3) is 0 Å². The molecule has 1 aromatic carbocycles. The lowest BCUT2D eigenvalue weighted by Gasteiger charge is -2.64. The molecule has 2 heterocycles. The van der Waals surface area contributed by atoms with Crippen molar-refractivity contribution in [2.45, 2.75) is 156 Å². The topological polar surface area (TPSA) is 97.7 Å². The molecule has 2 N–H and O–H groups in total.